The van der Waals surface area contributed by atoms with Crippen LogP contribution < -0.4 is 19.9 Å². The van der Waals surface area contributed by atoms with Crippen LogP contribution in [-0.2, 0) is 26.4 Å². The molecule has 69 heavy (non-hydrogen) atoms. The number of anilines is 2. The third-order valence-electron chi connectivity index (χ3n) is 13.3. The third-order valence-corrected chi connectivity index (χ3v) is 13.5. The molecule has 4 saturated heterocycles. The summed E-state index contributed by atoms with van der Waals surface area (Å²) in [6.07, 6.45) is -3.05. The van der Waals surface area contributed by atoms with Crippen LogP contribution >= 0.6 is 11.6 Å². The molecular formula is C48H50ClF3N10O7. The van der Waals surface area contributed by atoms with Gasteiger partial charge in [-0.25, -0.2) is 14.8 Å². The predicted octanol–water partition coefficient (Wildman–Crippen LogP) is 4.53. The van der Waals surface area contributed by atoms with Crippen molar-refractivity contribution in [1.82, 2.24) is 34.9 Å². The molecule has 0 saturated carbocycles. The maximum absolute atomic E-state index is 13.3. The van der Waals surface area contributed by atoms with Gasteiger partial charge >= 0.3 is 12.1 Å². The molecule has 1 unspecified atom stereocenters. The number of carbonyl (C=O) groups is 5. The molecule has 0 aliphatic carbocycles. The highest BCUT2D eigenvalue weighted by molar-refractivity contribution is 6.30. The van der Waals surface area contributed by atoms with Crippen molar-refractivity contribution >= 4 is 52.8 Å². The molecule has 9 rings (SSSR count). The van der Waals surface area contributed by atoms with Gasteiger partial charge in [-0.05, 0) is 72.1 Å². The molecular weight excluding hydrogens is 921 g/mol. The first kappa shape index (κ1) is 48.8. The number of fused-ring (bicyclic) bond motifs is 1. The summed E-state index contributed by atoms with van der Waals surface area (Å²) >= 11 is 6.30. The molecule has 17 nitrogen and oxygen atoms in total. The molecule has 362 valence electrons. The summed E-state index contributed by atoms with van der Waals surface area (Å²) in [4.78, 5) is 81.9. The smallest absolute Gasteiger partial charge is 0.487 e. The van der Waals surface area contributed by atoms with E-state index in [1.807, 2.05) is 48.5 Å². The molecule has 0 spiro atoms. The van der Waals surface area contributed by atoms with Gasteiger partial charge in [0.2, 0.25) is 17.8 Å². The number of carboxylic acid groups (broad SMARTS) is 1. The van der Waals surface area contributed by atoms with Gasteiger partial charge in [0.15, 0.2) is 0 Å². The van der Waals surface area contributed by atoms with E-state index in [1.165, 1.54) is 0 Å². The fourth-order valence-electron chi connectivity index (χ4n) is 9.13. The van der Waals surface area contributed by atoms with Crippen molar-refractivity contribution in [2.75, 3.05) is 81.9 Å². The number of rotatable bonds is 11. The van der Waals surface area contributed by atoms with Gasteiger partial charge in [-0.3, -0.25) is 44.1 Å². The number of nitriles is 1. The van der Waals surface area contributed by atoms with E-state index in [9.17, 15) is 37.6 Å². The van der Waals surface area contributed by atoms with Gasteiger partial charge in [0.1, 0.15) is 18.4 Å². The zero-order valence-electron chi connectivity index (χ0n) is 37.9. The molecule has 5 aliphatic heterocycles. The number of aliphatic carboxylic acids is 1. The average molecular weight is 971 g/mol. The van der Waals surface area contributed by atoms with E-state index >= 15 is 0 Å². The Morgan fingerprint density at radius 2 is 1.51 bits per heavy atom. The molecule has 21 heteroatoms. The third kappa shape index (κ3) is 11.0. The number of hydrogen-bond acceptors (Lipinski definition) is 14. The number of nitrogens with one attached hydrogen (secondary N) is 1. The zero-order valence-corrected chi connectivity index (χ0v) is 38.7. The monoisotopic (exact) mass is 970 g/mol. The number of aromatic nitrogens is 2. The second kappa shape index (κ2) is 20.1. The summed E-state index contributed by atoms with van der Waals surface area (Å²) in [6.45, 7) is 14.7. The number of nitrogens with zero attached hydrogens (tertiary/aromatic N) is 9. The number of alkyl halides is 3. The minimum Gasteiger partial charge on any atom is -0.487 e. The molecule has 1 aromatic heterocycles. The number of benzene rings is 3. The number of amides is 4. The van der Waals surface area contributed by atoms with Crippen LogP contribution in [-0.4, -0.2) is 155 Å². The first-order valence-corrected chi connectivity index (χ1v) is 22.9. The van der Waals surface area contributed by atoms with Crippen molar-refractivity contribution < 1.29 is 47.0 Å². The Hall–Kier alpha value is -6.66. The number of imide groups is 2. The first-order valence-electron chi connectivity index (χ1n) is 22.5. The molecule has 0 radical (unpaired) electrons. The number of piperidine rings is 1. The lowest BCUT2D eigenvalue weighted by Crippen LogP contribution is -2.64. The maximum Gasteiger partial charge on any atom is 0.490 e. The minimum absolute atomic E-state index is 0.0949. The summed E-state index contributed by atoms with van der Waals surface area (Å²) in [5, 5.41) is 19.3. The Balaban J connectivity index is 0.000000853. The summed E-state index contributed by atoms with van der Waals surface area (Å²) in [5.41, 5.74) is 4.57. The van der Waals surface area contributed by atoms with Crippen LogP contribution in [0.1, 0.15) is 69.8 Å². The Morgan fingerprint density at radius 1 is 0.855 bits per heavy atom. The largest absolute Gasteiger partial charge is 0.490 e. The fraction of sp³-hybridized carbons (Fsp3) is 0.417. The first-order chi connectivity index (χ1) is 32.9. The summed E-state index contributed by atoms with van der Waals surface area (Å²) in [6, 6.07) is 22.4. The number of carboxylic acids is 1. The highest BCUT2D eigenvalue weighted by Gasteiger charge is 2.45. The van der Waals surface area contributed by atoms with Gasteiger partial charge in [0.05, 0.1) is 35.1 Å². The standard InChI is InChI=1S/C46H49ClN10O5.C2HF3O2/c1-46(2,32-21-30(25-48)22-33(47)23-32)31-3-6-37(7-4-31)62-28-34-11-12-49-45(50-34)56-26-36(27-56)55-19-15-53(16-20-55)29-52-13-17-54(18-14-52)35-5-8-38-39(24-35)44(61)57(43(38)60)40-9-10-41(58)51-42(40)59;3-2(4,5)1(6)7/h3-8,11-12,21-24,36,40H,9-10,13-20,26-29H2,1-2H3,(H,51,58,59);(H,6,7). The Bertz CT molecular complexity index is 2660. The lowest BCUT2D eigenvalue weighted by Gasteiger charge is -2.48. The normalized spacial score (nSPS) is 19.6. The van der Waals surface area contributed by atoms with Gasteiger partial charge in [0, 0.05) is 100 Å². The number of ether oxygens (including phenoxy) is 1. The van der Waals surface area contributed by atoms with Crippen molar-refractivity contribution in [2.24, 2.45) is 0 Å². The zero-order chi connectivity index (χ0) is 49.2. The van der Waals surface area contributed by atoms with E-state index in [1.54, 1.807) is 24.4 Å². The van der Waals surface area contributed by atoms with Crippen LogP contribution in [0.15, 0.2) is 72.9 Å². The van der Waals surface area contributed by atoms with E-state index in [2.05, 4.69) is 54.7 Å². The van der Waals surface area contributed by atoms with Crippen molar-refractivity contribution in [3.8, 4) is 11.8 Å². The lowest BCUT2D eigenvalue weighted by molar-refractivity contribution is -0.192. The molecule has 6 heterocycles. The van der Waals surface area contributed by atoms with Gasteiger partial charge in [-0.2, -0.15) is 18.4 Å². The summed E-state index contributed by atoms with van der Waals surface area (Å²) in [7, 11) is 0. The highest BCUT2D eigenvalue weighted by atomic mass is 35.5. The highest BCUT2D eigenvalue weighted by Crippen LogP contribution is 2.35. The fourth-order valence-corrected chi connectivity index (χ4v) is 9.36. The van der Waals surface area contributed by atoms with Gasteiger partial charge in [0.25, 0.3) is 11.8 Å². The van der Waals surface area contributed by atoms with Gasteiger partial charge in [-0.15, -0.1) is 0 Å². The van der Waals surface area contributed by atoms with Crippen molar-refractivity contribution in [3.63, 3.8) is 0 Å². The quantitative estimate of drug-likeness (QED) is 0.199. The molecule has 1 atom stereocenters. The van der Waals surface area contributed by atoms with Crippen molar-refractivity contribution in [2.45, 2.75) is 57.0 Å². The maximum atomic E-state index is 13.3. The second-order valence-corrected chi connectivity index (χ2v) is 18.5. The Morgan fingerprint density at radius 3 is 2.14 bits per heavy atom. The number of carbonyl (C=O) groups excluding carboxylic acids is 4. The Labute approximate surface area is 401 Å². The van der Waals surface area contributed by atoms with Crippen LogP contribution in [0, 0.1) is 11.3 Å². The SMILES string of the molecule is CC(C)(c1ccc(OCc2ccnc(N3CC(N4CCN(CN5CCN(c6ccc7c(c6)C(=O)N(C6CCC(=O)NC6=O)C7=O)CC5)CC4)C3)n2)cc1)c1cc(Cl)cc(C#N)c1.O=C(O)C(F)(F)F. The van der Waals surface area contributed by atoms with Crippen molar-refractivity contribution in [1.29, 1.82) is 5.26 Å². The number of hydrogen-bond donors (Lipinski definition) is 2. The molecule has 5 aliphatic rings. The van der Waals surface area contributed by atoms with Crippen molar-refractivity contribution in [3.05, 3.63) is 111 Å². The molecule has 2 N–H and O–H groups in total. The second-order valence-electron chi connectivity index (χ2n) is 18.1. The predicted molar refractivity (Wildman–Crippen MR) is 246 cm³/mol. The van der Waals surface area contributed by atoms with E-state index in [0.29, 0.717) is 34.4 Å². The van der Waals surface area contributed by atoms with Crippen LogP contribution in [0.25, 0.3) is 0 Å². The molecule has 0 bridgehead atoms. The Kier molecular flexibility index (Phi) is 14.2. The van der Waals surface area contributed by atoms with Crippen LogP contribution in [0.2, 0.25) is 5.02 Å². The van der Waals surface area contributed by atoms with Gasteiger partial charge < -0.3 is 19.6 Å². The lowest BCUT2D eigenvalue weighted by atomic mass is 9.78. The molecule has 3 aromatic carbocycles. The molecule has 4 fully saturated rings. The van der Waals surface area contributed by atoms with E-state index in [0.717, 1.165) is 111 Å². The molecule has 4 amide bonds. The topological polar surface area (TPSA) is 196 Å². The van der Waals surface area contributed by atoms with E-state index < -0.39 is 35.9 Å². The van der Waals surface area contributed by atoms with Crippen LogP contribution in [0.5, 0.6) is 5.75 Å². The van der Waals surface area contributed by atoms with Crippen LogP contribution in [0.4, 0.5) is 24.8 Å². The minimum atomic E-state index is -5.08. The number of piperazine rings is 2. The summed E-state index contributed by atoms with van der Waals surface area (Å²) < 4.78 is 37.9. The number of halogens is 4. The van der Waals surface area contributed by atoms with E-state index in [-0.39, 0.29) is 24.2 Å². The molecule has 4 aromatic rings. The summed E-state index contributed by atoms with van der Waals surface area (Å²) in [5.74, 6) is -3.24. The van der Waals surface area contributed by atoms with Gasteiger partial charge in [-0.1, -0.05) is 37.6 Å². The van der Waals surface area contributed by atoms with E-state index in [4.69, 9.17) is 31.2 Å². The average Bonchev–Trinajstić information content (AvgIpc) is 3.56. The van der Waals surface area contributed by atoms with Crippen LogP contribution in [0.3, 0.4) is 0 Å².